The summed E-state index contributed by atoms with van der Waals surface area (Å²) in [4.78, 5) is 26.1. The van der Waals surface area contributed by atoms with Gasteiger partial charge in [-0.3, -0.25) is 9.78 Å². The van der Waals surface area contributed by atoms with Gasteiger partial charge in [-0.25, -0.2) is 9.97 Å². The molecule has 3 aromatic heterocycles. The number of hydrogen-bond acceptors (Lipinski definition) is 6. The Balaban J connectivity index is 1.63. The van der Waals surface area contributed by atoms with Crippen molar-refractivity contribution in [3.8, 4) is 11.4 Å². The zero-order valence-corrected chi connectivity index (χ0v) is 16.3. The van der Waals surface area contributed by atoms with E-state index in [0.717, 1.165) is 41.8 Å². The molecular weight excluding hydrogens is 354 g/mol. The molecule has 0 aromatic carbocycles. The molecule has 3 aromatic rings. The molecule has 144 valence electrons. The van der Waals surface area contributed by atoms with Gasteiger partial charge in [-0.15, -0.1) is 0 Å². The predicted octanol–water partition coefficient (Wildman–Crippen LogP) is 3.53. The zero-order valence-electron chi connectivity index (χ0n) is 16.3. The Morgan fingerprint density at radius 2 is 2.21 bits per heavy atom. The predicted molar refractivity (Wildman–Crippen MR) is 103 cm³/mol. The lowest BCUT2D eigenvalue weighted by Crippen LogP contribution is -2.37. The number of fused-ring (bicyclic) bond motifs is 1. The third-order valence-corrected chi connectivity index (χ3v) is 5.05. The van der Waals surface area contributed by atoms with Crippen LogP contribution in [-0.4, -0.2) is 26.0 Å². The van der Waals surface area contributed by atoms with E-state index in [0.29, 0.717) is 5.82 Å². The Hall–Kier alpha value is -3.09. The maximum atomic E-state index is 12.7. The van der Waals surface area contributed by atoms with Crippen molar-refractivity contribution in [1.82, 2.24) is 25.4 Å². The molecule has 1 atom stereocenters. The summed E-state index contributed by atoms with van der Waals surface area (Å²) >= 11 is 0. The molecule has 7 nitrogen and oxygen atoms in total. The van der Waals surface area contributed by atoms with E-state index in [2.05, 4.69) is 34.3 Å². The second kappa shape index (κ2) is 7.14. The fourth-order valence-corrected chi connectivity index (χ4v) is 3.62. The first-order chi connectivity index (χ1) is 13.4. The summed E-state index contributed by atoms with van der Waals surface area (Å²) in [5.41, 5.74) is 3.56. The van der Waals surface area contributed by atoms with Crippen LogP contribution in [-0.2, 0) is 12.8 Å². The lowest BCUT2D eigenvalue weighted by molar-refractivity contribution is 0.0881. The first-order valence-electron chi connectivity index (χ1n) is 9.48. The summed E-state index contributed by atoms with van der Waals surface area (Å²) in [6.07, 6.45) is 7.65. The van der Waals surface area contributed by atoms with E-state index in [4.69, 9.17) is 9.51 Å². The van der Waals surface area contributed by atoms with Crippen molar-refractivity contribution in [3.05, 3.63) is 59.5 Å². The van der Waals surface area contributed by atoms with Crippen LogP contribution in [0.15, 0.2) is 41.3 Å². The van der Waals surface area contributed by atoms with Crippen molar-refractivity contribution in [3.63, 3.8) is 0 Å². The first-order valence-corrected chi connectivity index (χ1v) is 9.48. The van der Waals surface area contributed by atoms with Crippen molar-refractivity contribution in [2.75, 3.05) is 0 Å². The summed E-state index contributed by atoms with van der Waals surface area (Å²) in [7, 11) is 0. The van der Waals surface area contributed by atoms with Crippen molar-refractivity contribution in [2.45, 2.75) is 46.1 Å². The van der Waals surface area contributed by atoms with Crippen molar-refractivity contribution in [2.24, 2.45) is 5.41 Å². The van der Waals surface area contributed by atoms with Crippen LogP contribution in [0, 0.1) is 5.41 Å². The van der Waals surface area contributed by atoms with Gasteiger partial charge in [0.2, 0.25) is 5.76 Å². The number of hydrogen-bond donors (Lipinski definition) is 1. The number of rotatable bonds is 4. The highest BCUT2D eigenvalue weighted by Crippen LogP contribution is 2.40. The first kappa shape index (κ1) is 18.3. The minimum atomic E-state index is -0.266. The number of carbonyl (C=O) groups is 1. The Bertz CT molecular complexity index is 997. The number of amides is 1. The topological polar surface area (TPSA) is 93.8 Å². The van der Waals surface area contributed by atoms with Crippen LogP contribution in [0.3, 0.4) is 0 Å². The maximum absolute atomic E-state index is 12.7. The molecule has 0 bridgehead atoms. The highest BCUT2D eigenvalue weighted by atomic mass is 16.5. The molecule has 0 aliphatic heterocycles. The number of nitrogens with zero attached hydrogens (tertiary/aromatic N) is 4. The largest absolute Gasteiger partial charge is 0.351 e. The fourth-order valence-electron chi connectivity index (χ4n) is 3.62. The molecule has 4 rings (SSSR count). The zero-order chi connectivity index (χ0) is 19.7. The summed E-state index contributed by atoms with van der Waals surface area (Å²) in [6.45, 7) is 6.34. The summed E-state index contributed by atoms with van der Waals surface area (Å²) in [5, 5.41) is 6.98. The molecule has 7 heteroatoms. The fraction of sp³-hybridized carbons (Fsp3) is 0.381. The molecular formula is C21H23N5O2. The second-order valence-corrected chi connectivity index (χ2v) is 7.94. The Morgan fingerprint density at radius 1 is 1.36 bits per heavy atom. The Labute approximate surface area is 163 Å². The van der Waals surface area contributed by atoms with Crippen LogP contribution in [0.1, 0.15) is 60.7 Å². The van der Waals surface area contributed by atoms with Crippen LogP contribution in [0.2, 0.25) is 0 Å². The highest BCUT2D eigenvalue weighted by molar-refractivity contribution is 5.91. The van der Waals surface area contributed by atoms with Gasteiger partial charge in [-0.05, 0) is 36.8 Å². The van der Waals surface area contributed by atoms with Crippen LogP contribution in [0.25, 0.3) is 11.4 Å². The Morgan fingerprint density at radius 3 is 2.93 bits per heavy atom. The summed E-state index contributed by atoms with van der Waals surface area (Å²) in [6, 6.07) is 5.32. The van der Waals surface area contributed by atoms with Gasteiger partial charge in [-0.2, -0.15) is 0 Å². The number of nitrogens with one attached hydrogen (secondary N) is 1. The van der Waals surface area contributed by atoms with Gasteiger partial charge in [0.05, 0.1) is 17.4 Å². The molecule has 28 heavy (non-hydrogen) atoms. The van der Waals surface area contributed by atoms with Crippen LogP contribution >= 0.6 is 0 Å². The molecule has 1 amide bonds. The van der Waals surface area contributed by atoms with E-state index in [-0.39, 0.29) is 23.1 Å². The van der Waals surface area contributed by atoms with E-state index < -0.39 is 0 Å². The van der Waals surface area contributed by atoms with E-state index >= 15 is 0 Å². The minimum absolute atomic E-state index is 0.00149. The van der Waals surface area contributed by atoms with Gasteiger partial charge in [0.15, 0.2) is 5.82 Å². The standard InChI is InChI=1S/C21H23N5O2/c1-4-14-8-18(28-26-14)20(27)25-17-10-21(2,3)9-16-15(17)12-23-19(24-16)13-6-5-7-22-11-13/h5-8,11-12,17H,4,9-10H2,1-3H3,(H,25,27). The number of pyridine rings is 1. The van der Waals surface area contributed by atoms with Crippen molar-refractivity contribution >= 4 is 5.91 Å². The van der Waals surface area contributed by atoms with Gasteiger partial charge < -0.3 is 9.84 Å². The third-order valence-electron chi connectivity index (χ3n) is 5.05. The van der Waals surface area contributed by atoms with Crippen LogP contribution < -0.4 is 5.32 Å². The molecule has 1 aliphatic rings. The molecule has 1 aliphatic carbocycles. The number of aryl methyl sites for hydroxylation is 1. The Kier molecular flexibility index (Phi) is 4.66. The van der Waals surface area contributed by atoms with E-state index in [9.17, 15) is 4.79 Å². The maximum Gasteiger partial charge on any atom is 0.290 e. The van der Waals surface area contributed by atoms with E-state index in [1.165, 1.54) is 0 Å². The van der Waals surface area contributed by atoms with Crippen molar-refractivity contribution in [1.29, 1.82) is 0 Å². The van der Waals surface area contributed by atoms with Crippen molar-refractivity contribution < 1.29 is 9.32 Å². The molecule has 0 spiro atoms. The monoisotopic (exact) mass is 377 g/mol. The molecule has 1 unspecified atom stereocenters. The lowest BCUT2D eigenvalue weighted by atomic mass is 9.74. The van der Waals surface area contributed by atoms with Gasteiger partial charge in [-0.1, -0.05) is 25.9 Å². The quantitative estimate of drug-likeness (QED) is 0.747. The minimum Gasteiger partial charge on any atom is -0.351 e. The molecule has 0 saturated carbocycles. The number of aromatic nitrogens is 4. The van der Waals surface area contributed by atoms with Crippen LogP contribution in [0.4, 0.5) is 0 Å². The molecule has 0 saturated heterocycles. The number of carbonyl (C=O) groups excluding carboxylic acids is 1. The lowest BCUT2D eigenvalue weighted by Gasteiger charge is -2.36. The third kappa shape index (κ3) is 3.65. The average molecular weight is 377 g/mol. The second-order valence-electron chi connectivity index (χ2n) is 7.94. The van der Waals surface area contributed by atoms with Gasteiger partial charge >= 0.3 is 0 Å². The van der Waals surface area contributed by atoms with Gasteiger partial charge in [0, 0.05) is 35.8 Å². The average Bonchev–Trinajstić information content (AvgIpc) is 3.17. The van der Waals surface area contributed by atoms with E-state index in [1.54, 1.807) is 18.5 Å². The summed E-state index contributed by atoms with van der Waals surface area (Å²) < 4.78 is 5.18. The van der Waals surface area contributed by atoms with Gasteiger partial charge in [0.25, 0.3) is 5.91 Å². The smallest absolute Gasteiger partial charge is 0.290 e. The highest BCUT2D eigenvalue weighted by Gasteiger charge is 2.35. The summed E-state index contributed by atoms with van der Waals surface area (Å²) in [5.74, 6) is 0.615. The molecule has 3 heterocycles. The molecule has 0 fully saturated rings. The molecule has 0 radical (unpaired) electrons. The van der Waals surface area contributed by atoms with Crippen LogP contribution in [0.5, 0.6) is 0 Å². The molecule has 1 N–H and O–H groups in total. The van der Waals surface area contributed by atoms with E-state index in [1.807, 2.05) is 25.3 Å². The SMILES string of the molecule is CCc1cc(C(=O)NC2CC(C)(C)Cc3nc(-c4cccnc4)ncc32)on1. The van der Waals surface area contributed by atoms with Gasteiger partial charge in [0.1, 0.15) is 0 Å². The normalized spacial score (nSPS) is 17.8.